The molecule has 1 aromatic heterocycles. The highest BCUT2D eigenvalue weighted by molar-refractivity contribution is 7.89. The van der Waals surface area contributed by atoms with Gasteiger partial charge in [0.05, 0.1) is 11.1 Å². The van der Waals surface area contributed by atoms with Gasteiger partial charge in [0.1, 0.15) is 0 Å². The summed E-state index contributed by atoms with van der Waals surface area (Å²) >= 11 is 0. The number of hydrogen-bond donors (Lipinski definition) is 1. The Balaban J connectivity index is 1.57. The van der Waals surface area contributed by atoms with Gasteiger partial charge in [0.15, 0.2) is 0 Å². The average molecular weight is 460 g/mol. The lowest BCUT2D eigenvalue weighted by Crippen LogP contribution is -2.19. The Labute approximate surface area is 195 Å². The number of nitrogens with one attached hydrogen (secondary N) is 1. The van der Waals surface area contributed by atoms with Crippen LogP contribution in [0.4, 0.5) is 0 Å². The predicted molar refractivity (Wildman–Crippen MR) is 135 cm³/mol. The van der Waals surface area contributed by atoms with E-state index in [2.05, 4.69) is 72.5 Å². The number of nitrogens with zero attached hydrogens (tertiary/aromatic N) is 2. The third-order valence-corrected chi connectivity index (χ3v) is 6.90. The van der Waals surface area contributed by atoms with Gasteiger partial charge in [-0.05, 0) is 41.7 Å². The molecule has 0 aliphatic rings. The summed E-state index contributed by atoms with van der Waals surface area (Å²) in [6, 6.07) is 23.4. The molecule has 0 spiro atoms. The SMILES string of the molecule is Cc1cccc(Cn2cc(/C=N/NS(=O)(=O)c3ccc(C(C)(C)C)cc3)c3ccccc32)c1. The van der Waals surface area contributed by atoms with E-state index in [0.29, 0.717) is 0 Å². The van der Waals surface area contributed by atoms with Gasteiger partial charge < -0.3 is 4.57 Å². The molecule has 170 valence electrons. The molecule has 4 aromatic rings. The zero-order chi connectivity index (χ0) is 23.6. The number of hydrazone groups is 1. The van der Waals surface area contributed by atoms with Crippen LogP contribution in [0.3, 0.4) is 0 Å². The molecule has 1 heterocycles. The van der Waals surface area contributed by atoms with Gasteiger partial charge in [0.25, 0.3) is 10.0 Å². The number of para-hydroxylation sites is 1. The van der Waals surface area contributed by atoms with Gasteiger partial charge >= 0.3 is 0 Å². The van der Waals surface area contributed by atoms with Gasteiger partial charge in [-0.25, -0.2) is 4.83 Å². The molecule has 3 aromatic carbocycles. The molecule has 33 heavy (non-hydrogen) atoms. The molecular formula is C27H29N3O2S. The molecule has 0 fully saturated rings. The van der Waals surface area contributed by atoms with Gasteiger partial charge in [-0.3, -0.25) is 0 Å². The Kier molecular flexibility index (Phi) is 6.13. The fraction of sp³-hybridized carbons (Fsp3) is 0.222. The Bertz CT molecular complexity index is 1410. The Hall–Kier alpha value is -3.38. The van der Waals surface area contributed by atoms with Crippen LogP contribution in [-0.2, 0) is 22.0 Å². The lowest BCUT2D eigenvalue weighted by molar-refractivity contribution is 0.580. The number of sulfonamides is 1. The molecule has 1 N–H and O–H groups in total. The zero-order valence-corrected chi connectivity index (χ0v) is 20.2. The summed E-state index contributed by atoms with van der Waals surface area (Å²) in [5.41, 5.74) is 5.38. The molecule has 4 rings (SSSR count). The molecule has 5 nitrogen and oxygen atoms in total. The third-order valence-electron chi connectivity index (χ3n) is 5.66. The van der Waals surface area contributed by atoms with E-state index in [1.165, 1.54) is 11.1 Å². The van der Waals surface area contributed by atoms with Crippen molar-refractivity contribution in [3.05, 3.63) is 101 Å². The van der Waals surface area contributed by atoms with Crippen molar-refractivity contribution < 1.29 is 8.42 Å². The fourth-order valence-electron chi connectivity index (χ4n) is 3.87. The van der Waals surface area contributed by atoms with E-state index in [0.717, 1.165) is 28.6 Å². The first-order valence-corrected chi connectivity index (χ1v) is 12.4. The molecule has 0 atom stereocenters. The quantitative estimate of drug-likeness (QED) is 0.301. The molecule has 0 saturated carbocycles. The number of benzene rings is 3. The molecular weight excluding hydrogens is 430 g/mol. The van der Waals surface area contributed by atoms with Crippen molar-refractivity contribution in [1.82, 2.24) is 9.40 Å². The standard InChI is InChI=1S/C27H29N3O2S/c1-20-8-7-9-21(16-20)18-30-19-22(25-10-5-6-11-26(25)30)17-28-29-33(31,32)24-14-12-23(13-15-24)27(2,3)4/h5-17,19,29H,18H2,1-4H3/b28-17+. The maximum atomic E-state index is 12.7. The summed E-state index contributed by atoms with van der Waals surface area (Å²) in [4.78, 5) is 2.53. The second-order valence-electron chi connectivity index (χ2n) is 9.35. The molecule has 0 unspecified atom stereocenters. The maximum absolute atomic E-state index is 12.7. The normalized spacial score (nSPS) is 12.5. The van der Waals surface area contributed by atoms with Gasteiger partial charge in [-0.1, -0.05) is 80.9 Å². The van der Waals surface area contributed by atoms with Crippen molar-refractivity contribution in [2.75, 3.05) is 0 Å². The first-order chi connectivity index (χ1) is 15.6. The highest BCUT2D eigenvalue weighted by atomic mass is 32.2. The largest absolute Gasteiger partial charge is 0.342 e. The fourth-order valence-corrected chi connectivity index (χ4v) is 4.66. The highest BCUT2D eigenvalue weighted by Gasteiger charge is 2.17. The second kappa shape index (κ2) is 8.87. The van der Waals surface area contributed by atoms with Crippen molar-refractivity contribution in [2.24, 2.45) is 5.10 Å². The van der Waals surface area contributed by atoms with Crippen molar-refractivity contribution in [2.45, 2.75) is 44.6 Å². The summed E-state index contributed by atoms with van der Waals surface area (Å²) < 4.78 is 27.5. The Morgan fingerprint density at radius 3 is 2.39 bits per heavy atom. The van der Waals surface area contributed by atoms with E-state index in [4.69, 9.17) is 0 Å². The molecule has 0 aliphatic carbocycles. The van der Waals surface area contributed by atoms with E-state index in [1.807, 2.05) is 36.5 Å². The van der Waals surface area contributed by atoms with Gasteiger partial charge in [0, 0.05) is 29.2 Å². The van der Waals surface area contributed by atoms with Crippen LogP contribution in [0.5, 0.6) is 0 Å². The van der Waals surface area contributed by atoms with Crippen molar-refractivity contribution in [3.8, 4) is 0 Å². The molecule has 6 heteroatoms. The number of hydrogen-bond acceptors (Lipinski definition) is 3. The lowest BCUT2D eigenvalue weighted by atomic mass is 9.87. The van der Waals surface area contributed by atoms with Crippen LogP contribution in [-0.4, -0.2) is 19.2 Å². The van der Waals surface area contributed by atoms with Crippen LogP contribution >= 0.6 is 0 Å². The monoisotopic (exact) mass is 459 g/mol. The first-order valence-electron chi connectivity index (χ1n) is 10.9. The minimum atomic E-state index is -3.75. The molecule has 0 radical (unpaired) electrons. The minimum absolute atomic E-state index is 0.0411. The summed E-state index contributed by atoms with van der Waals surface area (Å²) in [5, 5.41) is 5.09. The predicted octanol–water partition coefficient (Wildman–Crippen LogP) is 5.61. The summed E-state index contributed by atoms with van der Waals surface area (Å²) in [6.45, 7) is 9.08. The van der Waals surface area contributed by atoms with E-state index in [1.54, 1.807) is 18.3 Å². The molecule has 0 aliphatic heterocycles. The molecule has 0 amide bonds. The first kappa shape index (κ1) is 22.8. The Morgan fingerprint density at radius 2 is 1.70 bits per heavy atom. The van der Waals surface area contributed by atoms with Crippen molar-refractivity contribution >= 4 is 27.1 Å². The number of aryl methyl sites for hydroxylation is 1. The van der Waals surface area contributed by atoms with Crippen molar-refractivity contribution in [1.29, 1.82) is 0 Å². The van der Waals surface area contributed by atoms with Crippen LogP contribution in [0.15, 0.2) is 89.0 Å². The summed E-state index contributed by atoms with van der Waals surface area (Å²) in [6.07, 6.45) is 3.57. The highest BCUT2D eigenvalue weighted by Crippen LogP contribution is 2.24. The van der Waals surface area contributed by atoms with Gasteiger partial charge in [-0.2, -0.15) is 13.5 Å². The lowest BCUT2D eigenvalue weighted by Gasteiger charge is -2.19. The van der Waals surface area contributed by atoms with Crippen LogP contribution in [0.2, 0.25) is 0 Å². The van der Waals surface area contributed by atoms with E-state index < -0.39 is 10.0 Å². The minimum Gasteiger partial charge on any atom is -0.342 e. The van der Waals surface area contributed by atoms with E-state index in [-0.39, 0.29) is 10.3 Å². The van der Waals surface area contributed by atoms with Gasteiger partial charge in [0.2, 0.25) is 0 Å². The topological polar surface area (TPSA) is 63.5 Å². The number of fused-ring (bicyclic) bond motifs is 1. The maximum Gasteiger partial charge on any atom is 0.276 e. The third kappa shape index (κ3) is 5.17. The smallest absolute Gasteiger partial charge is 0.276 e. The van der Waals surface area contributed by atoms with Gasteiger partial charge in [-0.15, -0.1) is 0 Å². The molecule has 0 bridgehead atoms. The Morgan fingerprint density at radius 1 is 0.970 bits per heavy atom. The van der Waals surface area contributed by atoms with Crippen LogP contribution in [0, 0.1) is 6.92 Å². The zero-order valence-electron chi connectivity index (χ0n) is 19.4. The molecule has 0 saturated heterocycles. The van der Waals surface area contributed by atoms with Crippen LogP contribution in [0.25, 0.3) is 10.9 Å². The van der Waals surface area contributed by atoms with E-state index in [9.17, 15) is 8.42 Å². The van der Waals surface area contributed by atoms with Crippen LogP contribution < -0.4 is 4.83 Å². The van der Waals surface area contributed by atoms with E-state index >= 15 is 0 Å². The van der Waals surface area contributed by atoms with Crippen LogP contribution in [0.1, 0.15) is 43.0 Å². The summed E-state index contributed by atoms with van der Waals surface area (Å²) in [5.74, 6) is 0. The second-order valence-corrected chi connectivity index (χ2v) is 11.0. The number of aromatic nitrogens is 1. The number of rotatable bonds is 6. The van der Waals surface area contributed by atoms with Crippen molar-refractivity contribution in [3.63, 3.8) is 0 Å². The summed E-state index contributed by atoms with van der Waals surface area (Å²) in [7, 11) is -3.75. The average Bonchev–Trinajstić information content (AvgIpc) is 3.11.